The number of hydrogen-bond acceptors (Lipinski definition) is 5. The van der Waals surface area contributed by atoms with Crippen molar-refractivity contribution < 1.29 is 5.11 Å². The van der Waals surface area contributed by atoms with Crippen molar-refractivity contribution in [3.05, 3.63) is 10.7 Å². The Morgan fingerprint density at radius 2 is 2.22 bits per heavy atom. The fraction of sp³-hybridized carbons (Fsp3) is 0.667. The van der Waals surface area contributed by atoms with Gasteiger partial charge in [0, 0.05) is 32.4 Å². The number of halogens is 1. The molecular formula is C12H19BrN4O. The van der Waals surface area contributed by atoms with E-state index in [0.717, 1.165) is 42.8 Å². The average Bonchev–Trinajstić information content (AvgIpc) is 2.41. The molecule has 0 spiro atoms. The first kappa shape index (κ1) is 13.5. The van der Waals surface area contributed by atoms with E-state index in [-0.39, 0.29) is 0 Å². The summed E-state index contributed by atoms with van der Waals surface area (Å²) in [5.74, 6) is 2.05. The molecule has 0 atom stereocenters. The summed E-state index contributed by atoms with van der Waals surface area (Å²) < 4.78 is 0.923. The highest BCUT2D eigenvalue weighted by Crippen LogP contribution is 2.28. The highest BCUT2D eigenvalue weighted by atomic mass is 79.9. The lowest BCUT2D eigenvalue weighted by molar-refractivity contribution is 0.202. The molecule has 0 saturated carbocycles. The van der Waals surface area contributed by atoms with Gasteiger partial charge in [0.1, 0.15) is 5.82 Å². The van der Waals surface area contributed by atoms with Crippen LogP contribution in [0.1, 0.15) is 19.8 Å². The molecule has 0 unspecified atom stereocenters. The molecule has 1 aromatic rings. The zero-order valence-corrected chi connectivity index (χ0v) is 12.2. The van der Waals surface area contributed by atoms with E-state index >= 15 is 0 Å². The molecule has 5 nitrogen and oxygen atoms in total. The molecule has 2 N–H and O–H groups in total. The molecule has 0 bridgehead atoms. The van der Waals surface area contributed by atoms with Gasteiger partial charge in [-0.25, -0.2) is 4.98 Å². The van der Waals surface area contributed by atoms with E-state index in [0.29, 0.717) is 18.5 Å². The number of hydrogen-bond donors (Lipinski definition) is 2. The van der Waals surface area contributed by atoms with Gasteiger partial charge >= 0.3 is 0 Å². The summed E-state index contributed by atoms with van der Waals surface area (Å²) in [5.41, 5.74) is 0. The Balaban J connectivity index is 2.10. The van der Waals surface area contributed by atoms with E-state index in [9.17, 15) is 0 Å². The molecule has 1 fully saturated rings. The van der Waals surface area contributed by atoms with Crippen molar-refractivity contribution in [2.45, 2.75) is 19.8 Å². The highest BCUT2D eigenvalue weighted by Gasteiger charge is 2.21. The highest BCUT2D eigenvalue weighted by molar-refractivity contribution is 9.10. The minimum Gasteiger partial charge on any atom is -0.396 e. The maximum atomic E-state index is 9.15. The summed E-state index contributed by atoms with van der Waals surface area (Å²) in [7, 11) is 0. The third-order valence-electron chi connectivity index (χ3n) is 3.23. The quantitative estimate of drug-likeness (QED) is 0.888. The van der Waals surface area contributed by atoms with Crippen LogP contribution in [0.4, 0.5) is 11.8 Å². The Hall–Kier alpha value is -0.880. The second-order valence-corrected chi connectivity index (χ2v) is 5.36. The van der Waals surface area contributed by atoms with E-state index in [1.165, 1.54) is 0 Å². The molecule has 1 saturated heterocycles. The van der Waals surface area contributed by atoms with Crippen LogP contribution < -0.4 is 10.2 Å². The molecule has 0 aromatic carbocycles. The van der Waals surface area contributed by atoms with Crippen LogP contribution in [0.25, 0.3) is 0 Å². The van der Waals surface area contributed by atoms with Crippen LogP contribution in [0.15, 0.2) is 10.7 Å². The van der Waals surface area contributed by atoms with Crippen molar-refractivity contribution in [1.29, 1.82) is 0 Å². The van der Waals surface area contributed by atoms with Crippen molar-refractivity contribution in [2.24, 2.45) is 5.92 Å². The van der Waals surface area contributed by atoms with Gasteiger partial charge in [0.15, 0.2) is 0 Å². The summed E-state index contributed by atoms with van der Waals surface area (Å²) in [6.45, 7) is 5.01. The molecule has 0 radical (unpaired) electrons. The predicted molar refractivity (Wildman–Crippen MR) is 75.9 cm³/mol. The Bertz CT molecular complexity index is 394. The molecule has 18 heavy (non-hydrogen) atoms. The smallest absolute Gasteiger partial charge is 0.224 e. The lowest BCUT2D eigenvalue weighted by atomic mass is 9.98. The van der Waals surface area contributed by atoms with Crippen molar-refractivity contribution >= 4 is 27.7 Å². The first-order valence-electron chi connectivity index (χ1n) is 6.36. The van der Waals surface area contributed by atoms with Gasteiger partial charge < -0.3 is 15.3 Å². The monoisotopic (exact) mass is 314 g/mol. The number of nitrogens with one attached hydrogen (secondary N) is 1. The lowest BCUT2D eigenvalue weighted by Gasteiger charge is -2.32. The predicted octanol–water partition coefficient (Wildman–Crippen LogP) is 1.88. The number of anilines is 2. The van der Waals surface area contributed by atoms with Crippen LogP contribution in [-0.4, -0.2) is 41.3 Å². The molecule has 100 valence electrons. The van der Waals surface area contributed by atoms with Crippen LogP contribution >= 0.6 is 15.9 Å². The lowest BCUT2D eigenvalue weighted by Crippen LogP contribution is -2.35. The van der Waals surface area contributed by atoms with Crippen LogP contribution in [-0.2, 0) is 0 Å². The Morgan fingerprint density at radius 1 is 1.50 bits per heavy atom. The number of nitrogens with zero attached hydrogens (tertiary/aromatic N) is 3. The molecule has 6 heteroatoms. The zero-order chi connectivity index (χ0) is 13.0. The number of aliphatic hydroxyl groups is 1. The standard InChI is InChI=1S/C12H19BrN4O/c1-2-14-12-15-7-10(13)11(16-12)17-5-3-9(8-18)4-6-17/h7,9,18H,2-6,8H2,1H3,(H,14,15,16). The number of piperidine rings is 1. The van der Waals surface area contributed by atoms with Crippen molar-refractivity contribution in [3.8, 4) is 0 Å². The first-order valence-corrected chi connectivity index (χ1v) is 7.16. The second-order valence-electron chi connectivity index (χ2n) is 4.51. The van der Waals surface area contributed by atoms with E-state index in [2.05, 4.69) is 36.1 Å². The Kier molecular flexibility index (Phi) is 4.77. The fourth-order valence-electron chi connectivity index (χ4n) is 2.15. The third-order valence-corrected chi connectivity index (χ3v) is 3.79. The maximum absolute atomic E-state index is 9.15. The molecule has 2 rings (SSSR count). The summed E-state index contributed by atoms with van der Waals surface area (Å²) in [5, 5.41) is 12.3. The molecule has 0 aliphatic carbocycles. The molecule has 2 heterocycles. The summed E-state index contributed by atoms with van der Waals surface area (Å²) in [4.78, 5) is 11.0. The van der Waals surface area contributed by atoms with Gasteiger partial charge in [0.25, 0.3) is 0 Å². The molecule has 1 aliphatic heterocycles. The summed E-state index contributed by atoms with van der Waals surface area (Å²) >= 11 is 3.51. The van der Waals surface area contributed by atoms with Crippen molar-refractivity contribution in [1.82, 2.24) is 9.97 Å². The van der Waals surface area contributed by atoms with Gasteiger partial charge in [-0.05, 0) is 41.6 Å². The maximum Gasteiger partial charge on any atom is 0.224 e. The summed E-state index contributed by atoms with van der Waals surface area (Å²) in [6, 6.07) is 0. The normalized spacial score (nSPS) is 16.9. The van der Waals surface area contributed by atoms with Gasteiger partial charge in [0.2, 0.25) is 5.95 Å². The van der Waals surface area contributed by atoms with Crippen LogP contribution in [0.2, 0.25) is 0 Å². The van der Waals surface area contributed by atoms with E-state index < -0.39 is 0 Å². The Labute approximate surface area is 116 Å². The Morgan fingerprint density at radius 3 is 2.83 bits per heavy atom. The fourth-order valence-corrected chi connectivity index (χ4v) is 2.59. The second kappa shape index (κ2) is 6.33. The van der Waals surface area contributed by atoms with Gasteiger partial charge in [-0.3, -0.25) is 0 Å². The topological polar surface area (TPSA) is 61.3 Å². The molecule has 1 aliphatic rings. The number of aromatic nitrogens is 2. The van der Waals surface area contributed by atoms with Crippen molar-refractivity contribution in [2.75, 3.05) is 36.5 Å². The minimum absolute atomic E-state index is 0.293. The average molecular weight is 315 g/mol. The van der Waals surface area contributed by atoms with Gasteiger partial charge in [0.05, 0.1) is 4.47 Å². The number of rotatable bonds is 4. The molecular weight excluding hydrogens is 296 g/mol. The van der Waals surface area contributed by atoms with Gasteiger partial charge in [-0.1, -0.05) is 0 Å². The third kappa shape index (κ3) is 3.11. The SMILES string of the molecule is CCNc1ncc(Br)c(N2CCC(CO)CC2)n1. The zero-order valence-electron chi connectivity index (χ0n) is 10.6. The van der Waals surface area contributed by atoms with E-state index in [1.54, 1.807) is 6.20 Å². The van der Waals surface area contributed by atoms with Crippen molar-refractivity contribution in [3.63, 3.8) is 0 Å². The molecule has 0 amide bonds. The molecule has 1 aromatic heterocycles. The minimum atomic E-state index is 0.293. The van der Waals surface area contributed by atoms with E-state index in [4.69, 9.17) is 5.11 Å². The van der Waals surface area contributed by atoms with Crippen LogP contribution in [0, 0.1) is 5.92 Å². The van der Waals surface area contributed by atoms with Crippen LogP contribution in [0.5, 0.6) is 0 Å². The summed E-state index contributed by atoms with van der Waals surface area (Å²) in [6.07, 6.45) is 3.82. The van der Waals surface area contributed by atoms with Gasteiger partial charge in [-0.15, -0.1) is 0 Å². The van der Waals surface area contributed by atoms with Crippen LogP contribution in [0.3, 0.4) is 0 Å². The largest absolute Gasteiger partial charge is 0.396 e. The van der Waals surface area contributed by atoms with E-state index in [1.807, 2.05) is 6.92 Å². The first-order chi connectivity index (χ1) is 8.74. The van der Waals surface area contributed by atoms with Gasteiger partial charge in [-0.2, -0.15) is 4.98 Å². The number of aliphatic hydroxyl groups excluding tert-OH is 1.